The number of methoxy groups -OCH3 is 3. The molecule has 0 aliphatic carbocycles. The first-order valence-corrected chi connectivity index (χ1v) is 4.99. The van der Waals surface area contributed by atoms with Gasteiger partial charge in [0.15, 0.2) is 11.5 Å². The predicted molar refractivity (Wildman–Crippen MR) is 62.7 cm³/mol. The highest BCUT2D eigenvalue weighted by Crippen LogP contribution is 2.42. The minimum Gasteiger partial charge on any atom is -0.493 e. The van der Waals surface area contributed by atoms with Crippen LogP contribution in [-0.4, -0.2) is 26.3 Å². The Morgan fingerprint density at radius 1 is 0.938 bits per heavy atom. The fourth-order valence-corrected chi connectivity index (χ4v) is 1.88. The van der Waals surface area contributed by atoms with E-state index < -0.39 is 0 Å². The van der Waals surface area contributed by atoms with E-state index in [1.165, 1.54) is 0 Å². The Labute approximate surface area is 94.1 Å². The molecule has 0 radical (unpaired) electrons. The molecule has 0 aliphatic rings. The van der Waals surface area contributed by atoms with Crippen molar-refractivity contribution in [2.45, 2.75) is 6.92 Å². The van der Waals surface area contributed by atoms with Crippen LogP contribution in [0.1, 0.15) is 5.69 Å². The van der Waals surface area contributed by atoms with Crippen molar-refractivity contribution in [3.8, 4) is 17.2 Å². The maximum absolute atomic E-state index is 5.37. The van der Waals surface area contributed by atoms with Crippen molar-refractivity contribution in [1.29, 1.82) is 0 Å². The van der Waals surface area contributed by atoms with Crippen molar-refractivity contribution < 1.29 is 14.2 Å². The normalized spacial score (nSPS) is 10.5. The van der Waals surface area contributed by atoms with Crippen molar-refractivity contribution in [2.75, 3.05) is 21.3 Å². The first kappa shape index (κ1) is 10.7. The molecular formula is C12H15NO3. The molecule has 2 rings (SSSR count). The summed E-state index contributed by atoms with van der Waals surface area (Å²) in [6.07, 6.45) is 0. The van der Waals surface area contributed by atoms with E-state index in [1.54, 1.807) is 21.3 Å². The number of aromatic nitrogens is 1. The molecule has 2 aromatic rings. The lowest BCUT2D eigenvalue weighted by molar-refractivity contribution is 0.327. The molecule has 1 aromatic heterocycles. The Balaban J connectivity index is 2.81. The maximum atomic E-state index is 5.37. The summed E-state index contributed by atoms with van der Waals surface area (Å²) in [6, 6.07) is 3.97. The molecule has 0 saturated carbocycles. The molecule has 4 heteroatoms. The molecule has 0 aliphatic heterocycles. The number of aryl methyl sites for hydroxylation is 1. The summed E-state index contributed by atoms with van der Waals surface area (Å²) in [7, 11) is 4.83. The van der Waals surface area contributed by atoms with E-state index in [-0.39, 0.29) is 0 Å². The number of ether oxygens (including phenoxy) is 3. The Kier molecular flexibility index (Phi) is 2.64. The second-order valence-electron chi connectivity index (χ2n) is 3.56. The summed E-state index contributed by atoms with van der Waals surface area (Å²) in [6.45, 7) is 2.00. The third-order valence-corrected chi connectivity index (χ3v) is 2.55. The molecule has 4 nitrogen and oxygen atoms in total. The molecule has 0 saturated heterocycles. The van der Waals surface area contributed by atoms with Gasteiger partial charge in [-0.05, 0) is 19.1 Å². The largest absolute Gasteiger partial charge is 0.493 e. The minimum atomic E-state index is 0.611. The number of hydrogen-bond donors (Lipinski definition) is 1. The standard InChI is InChI=1S/C12H15NO3/c1-7-5-8-6-9(14-2)11(15-3)12(16-4)10(8)13-7/h5-6,13H,1-4H3. The molecule has 1 N–H and O–H groups in total. The zero-order chi connectivity index (χ0) is 11.7. The molecule has 0 unspecified atom stereocenters. The molecule has 16 heavy (non-hydrogen) atoms. The summed E-state index contributed by atoms with van der Waals surface area (Å²) >= 11 is 0. The molecule has 0 atom stereocenters. The zero-order valence-corrected chi connectivity index (χ0v) is 9.88. The smallest absolute Gasteiger partial charge is 0.205 e. The van der Waals surface area contributed by atoms with E-state index in [0.717, 1.165) is 16.6 Å². The van der Waals surface area contributed by atoms with E-state index in [0.29, 0.717) is 17.2 Å². The van der Waals surface area contributed by atoms with Gasteiger partial charge in [-0.2, -0.15) is 0 Å². The Morgan fingerprint density at radius 3 is 2.19 bits per heavy atom. The van der Waals surface area contributed by atoms with Crippen LogP contribution < -0.4 is 14.2 Å². The Hall–Kier alpha value is -1.84. The van der Waals surface area contributed by atoms with Gasteiger partial charge in [-0.25, -0.2) is 0 Å². The molecule has 0 spiro atoms. The number of fused-ring (bicyclic) bond motifs is 1. The first-order valence-electron chi connectivity index (χ1n) is 4.99. The van der Waals surface area contributed by atoms with E-state index >= 15 is 0 Å². The van der Waals surface area contributed by atoms with Crippen LogP contribution in [0.2, 0.25) is 0 Å². The lowest BCUT2D eigenvalue weighted by Crippen LogP contribution is -1.95. The molecule has 1 aromatic carbocycles. The van der Waals surface area contributed by atoms with Crippen molar-refractivity contribution in [1.82, 2.24) is 4.98 Å². The molecule has 0 amide bonds. The number of aromatic amines is 1. The van der Waals surface area contributed by atoms with Crippen molar-refractivity contribution in [3.05, 3.63) is 17.8 Å². The Bertz CT molecular complexity index is 516. The quantitative estimate of drug-likeness (QED) is 0.866. The number of H-pyrrole nitrogens is 1. The van der Waals surface area contributed by atoms with Gasteiger partial charge in [0.25, 0.3) is 0 Å². The number of rotatable bonds is 3. The number of hydrogen-bond acceptors (Lipinski definition) is 3. The average Bonchev–Trinajstić information content (AvgIpc) is 2.66. The third kappa shape index (κ3) is 1.46. The highest BCUT2D eigenvalue weighted by molar-refractivity contribution is 5.91. The van der Waals surface area contributed by atoms with Crippen LogP contribution in [0, 0.1) is 6.92 Å². The highest BCUT2D eigenvalue weighted by atomic mass is 16.5. The molecule has 86 valence electrons. The highest BCUT2D eigenvalue weighted by Gasteiger charge is 2.16. The van der Waals surface area contributed by atoms with E-state index in [4.69, 9.17) is 14.2 Å². The van der Waals surface area contributed by atoms with Crippen LogP contribution in [-0.2, 0) is 0 Å². The molecule has 1 heterocycles. The fraction of sp³-hybridized carbons (Fsp3) is 0.333. The minimum absolute atomic E-state index is 0.611. The van der Waals surface area contributed by atoms with Crippen molar-refractivity contribution >= 4 is 10.9 Å². The van der Waals surface area contributed by atoms with Gasteiger partial charge in [0.1, 0.15) is 0 Å². The first-order chi connectivity index (χ1) is 7.71. The monoisotopic (exact) mass is 221 g/mol. The van der Waals surface area contributed by atoms with E-state index in [1.807, 2.05) is 19.1 Å². The lowest BCUT2D eigenvalue weighted by Gasteiger charge is -2.12. The topological polar surface area (TPSA) is 43.5 Å². The van der Waals surface area contributed by atoms with Gasteiger partial charge >= 0.3 is 0 Å². The van der Waals surface area contributed by atoms with Gasteiger partial charge in [-0.1, -0.05) is 0 Å². The van der Waals surface area contributed by atoms with Gasteiger partial charge in [-0.15, -0.1) is 0 Å². The SMILES string of the molecule is COc1cc2cc(C)[nH]c2c(OC)c1OC. The summed E-state index contributed by atoms with van der Waals surface area (Å²) in [4.78, 5) is 3.24. The third-order valence-electron chi connectivity index (χ3n) is 2.55. The molecule has 0 fully saturated rings. The lowest BCUT2D eigenvalue weighted by atomic mass is 10.2. The summed E-state index contributed by atoms with van der Waals surface area (Å²) in [5, 5.41) is 1.05. The summed E-state index contributed by atoms with van der Waals surface area (Å²) in [5.74, 6) is 1.95. The molecular weight excluding hydrogens is 206 g/mol. The van der Waals surface area contributed by atoms with Gasteiger partial charge < -0.3 is 19.2 Å². The van der Waals surface area contributed by atoms with Crippen LogP contribution in [0.4, 0.5) is 0 Å². The van der Waals surface area contributed by atoms with Gasteiger partial charge in [0.05, 0.1) is 26.8 Å². The number of benzene rings is 1. The second kappa shape index (κ2) is 3.96. The van der Waals surface area contributed by atoms with Gasteiger partial charge in [0.2, 0.25) is 5.75 Å². The van der Waals surface area contributed by atoms with Crippen LogP contribution in [0.25, 0.3) is 10.9 Å². The van der Waals surface area contributed by atoms with Crippen molar-refractivity contribution in [2.24, 2.45) is 0 Å². The maximum Gasteiger partial charge on any atom is 0.205 e. The summed E-state index contributed by atoms with van der Waals surface area (Å²) < 4.78 is 16.0. The van der Waals surface area contributed by atoms with Crippen LogP contribution in [0.15, 0.2) is 12.1 Å². The fourth-order valence-electron chi connectivity index (χ4n) is 1.88. The molecule has 0 bridgehead atoms. The van der Waals surface area contributed by atoms with Crippen LogP contribution in [0.5, 0.6) is 17.2 Å². The Morgan fingerprint density at radius 2 is 1.62 bits per heavy atom. The van der Waals surface area contributed by atoms with Gasteiger partial charge in [0, 0.05) is 11.1 Å². The van der Waals surface area contributed by atoms with Crippen LogP contribution >= 0.6 is 0 Å². The predicted octanol–water partition coefficient (Wildman–Crippen LogP) is 2.50. The number of nitrogens with one attached hydrogen (secondary N) is 1. The second-order valence-corrected chi connectivity index (χ2v) is 3.56. The summed E-state index contributed by atoms with van der Waals surface area (Å²) in [5.41, 5.74) is 2.00. The average molecular weight is 221 g/mol. The zero-order valence-electron chi connectivity index (χ0n) is 9.88. The van der Waals surface area contributed by atoms with Gasteiger partial charge in [-0.3, -0.25) is 0 Å². The van der Waals surface area contributed by atoms with E-state index in [9.17, 15) is 0 Å². The van der Waals surface area contributed by atoms with Crippen molar-refractivity contribution in [3.63, 3.8) is 0 Å². The van der Waals surface area contributed by atoms with E-state index in [2.05, 4.69) is 4.98 Å². The van der Waals surface area contributed by atoms with Crippen LogP contribution in [0.3, 0.4) is 0 Å².